The maximum Gasteiger partial charge on any atom is 0.136 e. The number of aliphatic imine (C=N–C) groups is 1. The van der Waals surface area contributed by atoms with Crippen LogP contribution >= 0.6 is 0 Å². The normalized spacial score (nSPS) is 14.9. The quantitative estimate of drug-likeness (QED) is 0.0940. The van der Waals surface area contributed by atoms with Gasteiger partial charge in [-0.25, -0.2) is 0 Å². The molecule has 0 fully saturated rings. The Kier molecular flexibility index (Phi) is 24.3. The molecule has 0 amide bonds. The monoisotopic (exact) mass is 534 g/mol. The van der Waals surface area contributed by atoms with Gasteiger partial charge in [0.2, 0.25) is 0 Å². The van der Waals surface area contributed by atoms with Crippen molar-refractivity contribution in [2.24, 2.45) is 22.6 Å². The first-order chi connectivity index (χ1) is 18.7. The fourth-order valence-electron chi connectivity index (χ4n) is 6.06. The number of unbranched alkanes of at least 4 members (excludes halogenated alkanes) is 19. The fourth-order valence-corrected chi connectivity index (χ4v) is 6.06. The lowest BCUT2D eigenvalue weighted by atomic mass is 9.83. The van der Waals surface area contributed by atoms with Crippen molar-refractivity contribution < 1.29 is 4.79 Å². The second-order valence-corrected chi connectivity index (χ2v) is 12.1. The lowest BCUT2D eigenvalue weighted by Crippen LogP contribution is -2.31. The molecule has 0 spiro atoms. The number of nitrogens with zero attached hydrogens (tertiary/aromatic N) is 1. The molecule has 0 aromatic heterocycles. The molecule has 0 saturated carbocycles. The highest BCUT2D eigenvalue weighted by atomic mass is 16.1. The average Bonchev–Trinajstić information content (AvgIpc) is 3.46. The molecule has 4 heteroatoms. The Hall–Kier alpha value is -0.900. The molecular formula is C34H67N3O. The van der Waals surface area contributed by atoms with E-state index in [4.69, 9.17) is 10.7 Å². The molecule has 0 bridgehead atoms. The number of nitrogens with two attached hydrogens (primary N) is 1. The molecule has 0 aromatic rings. The number of Topliss-reactive ketones (excluding diaryl/α,β-unsaturated/α-hetero) is 1. The second-order valence-electron chi connectivity index (χ2n) is 12.1. The highest BCUT2D eigenvalue weighted by molar-refractivity contribution is 5.87. The molecule has 2 unspecified atom stereocenters. The van der Waals surface area contributed by atoms with E-state index < -0.39 is 0 Å². The third-order valence-electron chi connectivity index (χ3n) is 8.56. The van der Waals surface area contributed by atoms with Crippen molar-refractivity contribution in [2.75, 3.05) is 19.6 Å². The summed E-state index contributed by atoms with van der Waals surface area (Å²) in [4.78, 5) is 17.9. The van der Waals surface area contributed by atoms with Gasteiger partial charge in [0.05, 0.1) is 12.4 Å². The Bertz CT molecular complexity index is 562. The SMILES string of the molecule is CCCCCCCCCCCCCC(=O)C(CCN)CC(CCCCCCCCCCCC)C1=NCCN1. The Morgan fingerprint density at radius 1 is 0.711 bits per heavy atom. The van der Waals surface area contributed by atoms with Gasteiger partial charge >= 0.3 is 0 Å². The highest BCUT2D eigenvalue weighted by Gasteiger charge is 2.26. The van der Waals surface area contributed by atoms with Crippen molar-refractivity contribution in [3.05, 3.63) is 0 Å². The van der Waals surface area contributed by atoms with Crippen molar-refractivity contribution >= 4 is 11.6 Å². The third-order valence-corrected chi connectivity index (χ3v) is 8.56. The molecule has 1 aliphatic rings. The Morgan fingerprint density at radius 3 is 1.63 bits per heavy atom. The van der Waals surface area contributed by atoms with E-state index in [2.05, 4.69) is 19.2 Å². The van der Waals surface area contributed by atoms with Crippen LogP contribution in [0.15, 0.2) is 4.99 Å². The smallest absolute Gasteiger partial charge is 0.136 e. The molecule has 0 saturated heterocycles. The molecule has 1 rings (SSSR count). The standard InChI is InChI=1S/C34H67N3O/c1-3-5-7-9-11-13-15-17-19-21-23-25-33(38)31(26-27-35)30-32(34-36-28-29-37-34)24-22-20-18-16-14-12-10-8-6-4-2/h31-32H,3-30,35H2,1-2H3,(H,36,37). The number of rotatable bonds is 29. The van der Waals surface area contributed by atoms with Gasteiger partial charge < -0.3 is 11.1 Å². The Balaban J connectivity index is 2.27. The predicted octanol–water partition coefficient (Wildman–Crippen LogP) is 9.54. The first-order valence-corrected chi connectivity index (χ1v) is 17.2. The summed E-state index contributed by atoms with van der Waals surface area (Å²) in [6, 6.07) is 0. The van der Waals surface area contributed by atoms with Crippen LogP contribution in [0.4, 0.5) is 0 Å². The molecule has 1 heterocycles. The summed E-state index contributed by atoms with van der Waals surface area (Å²) in [6.45, 7) is 7.02. The molecule has 38 heavy (non-hydrogen) atoms. The van der Waals surface area contributed by atoms with Gasteiger partial charge in [-0.2, -0.15) is 0 Å². The zero-order valence-corrected chi connectivity index (χ0v) is 25.9. The van der Waals surface area contributed by atoms with Crippen molar-refractivity contribution in [3.63, 3.8) is 0 Å². The van der Waals surface area contributed by atoms with Gasteiger partial charge in [0, 0.05) is 24.8 Å². The lowest BCUT2D eigenvalue weighted by molar-refractivity contribution is -0.123. The third kappa shape index (κ3) is 19.2. The van der Waals surface area contributed by atoms with Gasteiger partial charge in [0.25, 0.3) is 0 Å². The van der Waals surface area contributed by atoms with Crippen LogP contribution in [0.3, 0.4) is 0 Å². The summed E-state index contributed by atoms with van der Waals surface area (Å²) in [5.74, 6) is 2.15. The van der Waals surface area contributed by atoms with Crippen LogP contribution < -0.4 is 11.1 Å². The van der Waals surface area contributed by atoms with Crippen molar-refractivity contribution in [1.82, 2.24) is 5.32 Å². The average molecular weight is 534 g/mol. The molecule has 4 nitrogen and oxygen atoms in total. The number of hydrogen-bond acceptors (Lipinski definition) is 4. The molecular weight excluding hydrogens is 466 g/mol. The molecule has 2 atom stereocenters. The van der Waals surface area contributed by atoms with Crippen molar-refractivity contribution in [3.8, 4) is 0 Å². The van der Waals surface area contributed by atoms with Gasteiger partial charge in [-0.3, -0.25) is 9.79 Å². The predicted molar refractivity (Wildman–Crippen MR) is 168 cm³/mol. The topological polar surface area (TPSA) is 67.5 Å². The molecule has 0 aliphatic carbocycles. The van der Waals surface area contributed by atoms with Gasteiger partial charge in [0.15, 0.2) is 0 Å². The van der Waals surface area contributed by atoms with E-state index in [-0.39, 0.29) is 5.92 Å². The summed E-state index contributed by atoms with van der Waals surface area (Å²) in [6.07, 6.45) is 31.9. The number of hydrogen-bond donors (Lipinski definition) is 2. The van der Waals surface area contributed by atoms with E-state index in [0.29, 0.717) is 18.2 Å². The fraction of sp³-hybridized carbons (Fsp3) is 0.941. The van der Waals surface area contributed by atoms with Crippen LogP contribution in [0.2, 0.25) is 0 Å². The van der Waals surface area contributed by atoms with Crippen molar-refractivity contribution in [1.29, 1.82) is 0 Å². The van der Waals surface area contributed by atoms with Crippen LogP contribution in [0.25, 0.3) is 0 Å². The number of carbonyl (C=O) groups excluding carboxylic acids is 1. The van der Waals surface area contributed by atoms with Crippen LogP contribution in [0.1, 0.15) is 174 Å². The first kappa shape index (κ1) is 35.1. The zero-order valence-electron chi connectivity index (χ0n) is 25.9. The molecule has 1 aliphatic heterocycles. The van der Waals surface area contributed by atoms with Gasteiger partial charge in [-0.1, -0.05) is 142 Å². The largest absolute Gasteiger partial charge is 0.372 e. The maximum absolute atomic E-state index is 13.2. The molecule has 0 aromatic carbocycles. The van der Waals surface area contributed by atoms with E-state index in [9.17, 15) is 4.79 Å². The minimum Gasteiger partial charge on any atom is -0.372 e. The van der Waals surface area contributed by atoms with Gasteiger partial charge in [-0.05, 0) is 32.2 Å². The maximum atomic E-state index is 13.2. The number of nitrogens with one attached hydrogen (secondary N) is 1. The number of ketones is 1. The number of carbonyl (C=O) groups is 1. The van der Waals surface area contributed by atoms with Crippen molar-refractivity contribution in [2.45, 2.75) is 174 Å². The van der Waals surface area contributed by atoms with E-state index in [1.165, 1.54) is 134 Å². The molecule has 224 valence electrons. The minimum atomic E-state index is 0.112. The summed E-state index contributed by atoms with van der Waals surface area (Å²) in [5.41, 5.74) is 5.97. The van der Waals surface area contributed by atoms with Crippen LogP contribution in [-0.4, -0.2) is 31.3 Å². The van der Waals surface area contributed by atoms with Gasteiger partial charge in [0.1, 0.15) is 5.78 Å². The van der Waals surface area contributed by atoms with E-state index in [1.54, 1.807) is 0 Å². The van der Waals surface area contributed by atoms with Crippen LogP contribution in [0.5, 0.6) is 0 Å². The number of amidine groups is 1. The van der Waals surface area contributed by atoms with Crippen LogP contribution in [0, 0.1) is 11.8 Å². The molecule has 3 N–H and O–H groups in total. The Labute approximate surface area is 238 Å². The highest BCUT2D eigenvalue weighted by Crippen LogP contribution is 2.26. The summed E-state index contributed by atoms with van der Waals surface area (Å²) >= 11 is 0. The lowest BCUT2D eigenvalue weighted by Gasteiger charge is -2.23. The first-order valence-electron chi connectivity index (χ1n) is 17.2. The van der Waals surface area contributed by atoms with E-state index >= 15 is 0 Å². The van der Waals surface area contributed by atoms with E-state index in [0.717, 1.165) is 45.2 Å². The van der Waals surface area contributed by atoms with E-state index in [1.807, 2.05) is 0 Å². The summed E-state index contributed by atoms with van der Waals surface area (Å²) in [7, 11) is 0. The Morgan fingerprint density at radius 2 is 1.18 bits per heavy atom. The molecule has 0 radical (unpaired) electrons. The minimum absolute atomic E-state index is 0.112. The van der Waals surface area contributed by atoms with Gasteiger partial charge in [-0.15, -0.1) is 0 Å². The zero-order chi connectivity index (χ0) is 27.5. The second kappa shape index (κ2) is 26.3. The van der Waals surface area contributed by atoms with Crippen LogP contribution in [-0.2, 0) is 4.79 Å². The summed E-state index contributed by atoms with van der Waals surface area (Å²) in [5, 5.41) is 3.53. The summed E-state index contributed by atoms with van der Waals surface area (Å²) < 4.78 is 0.